The molecule has 3 heteroatoms. The summed E-state index contributed by atoms with van der Waals surface area (Å²) in [5.41, 5.74) is 0. The van der Waals surface area contributed by atoms with Gasteiger partial charge < -0.3 is 0 Å². The van der Waals surface area contributed by atoms with E-state index in [-0.39, 0.29) is 6.42 Å². The molecule has 0 nitrogen and oxygen atoms in total. The lowest BCUT2D eigenvalue weighted by atomic mass is 10.2. The van der Waals surface area contributed by atoms with Gasteiger partial charge in [-0.15, -0.1) is 0 Å². The monoisotopic (exact) mass is 154 g/mol. The zero-order valence-corrected chi connectivity index (χ0v) is 6.60. The van der Waals surface area contributed by atoms with Gasteiger partial charge in [0.1, 0.15) is 0 Å². The van der Waals surface area contributed by atoms with Gasteiger partial charge in [0.25, 0.3) is 0 Å². The van der Waals surface area contributed by atoms with Crippen LogP contribution in [0.2, 0.25) is 0 Å². The van der Waals surface area contributed by atoms with Gasteiger partial charge in [0.15, 0.2) is 0 Å². The highest BCUT2D eigenvalue weighted by Gasteiger charge is 2.19. The van der Waals surface area contributed by atoms with Crippen LogP contribution in [0.5, 0.6) is 0 Å². The topological polar surface area (TPSA) is 0 Å². The van der Waals surface area contributed by atoms with Crippen LogP contribution in [-0.2, 0) is 0 Å². The second-order valence-corrected chi connectivity index (χ2v) is 3.15. The first kappa shape index (κ1) is 9.21. The van der Waals surface area contributed by atoms with E-state index >= 15 is 0 Å². The molecule has 0 aromatic carbocycles. The van der Waals surface area contributed by atoms with Crippen LogP contribution in [0.25, 0.3) is 0 Å². The van der Waals surface area contributed by atoms with Crippen LogP contribution in [0.1, 0.15) is 19.8 Å². The molecule has 0 saturated heterocycles. The van der Waals surface area contributed by atoms with Crippen LogP contribution in [-0.4, -0.2) is 17.9 Å². The molecule has 0 fully saturated rings. The number of alkyl halides is 2. The summed E-state index contributed by atoms with van der Waals surface area (Å²) >= 11 is 1.61. The molecule has 0 N–H and O–H groups in total. The van der Waals surface area contributed by atoms with Crippen molar-refractivity contribution in [3.63, 3.8) is 0 Å². The number of hydrogen-bond acceptors (Lipinski definition) is 1. The van der Waals surface area contributed by atoms with E-state index in [4.69, 9.17) is 0 Å². The maximum Gasteiger partial charge on any atom is 0.245 e. The molecule has 0 aliphatic heterocycles. The molecule has 56 valence electrons. The molecule has 0 bridgehead atoms. The van der Waals surface area contributed by atoms with Crippen molar-refractivity contribution in [3.05, 3.63) is 0 Å². The molecule has 0 heterocycles. The number of halogens is 2. The highest BCUT2D eigenvalue weighted by atomic mass is 32.2. The molecule has 0 aromatic heterocycles. The molecule has 0 aliphatic carbocycles. The molecule has 0 amide bonds. The Kier molecular flexibility index (Phi) is 4.19. The Bertz CT molecular complexity index is 67.9. The maximum absolute atomic E-state index is 12.0. The highest BCUT2D eigenvalue weighted by molar-refractivity contribution is 7.98. The molecule has 9 heavy (non-hydrogen) atoms. The quantitative estimate of drug-likeness (QED) is 0.561. The van der Waals surface area contributed by atoms with Crippen molar-refractivity contribution in [2.75, 3.05) is 12.0 Å². The molecule has 0 rings (SSSR count). The van der Waals surface area contributed by atoms with Crippen LogP contribution in [0.4, 0.5) is 8.78 Å². The van der Waals surface area contributed by atoms with E-state index in [2.05, 4.69) is 0 Å². The molecule has 0 aromatic rings. The summed E-state index contributed by atoms with van der Waals surface area (Å²) in [6.45, 7) is 0.966. The normalized spacial score (nSPS) is 12.0. The van der Waals surface area contributed by atoms with Crippen molar-refractivity contribution >= 4 is 11.8 Å². The van der Waals surface area contributed by atoms with Crippen LogP contribution >= 0.6 is 11.8 Å². The molecule has 0 aliphatic rings. The van der Waals surface area contributed by atoms with Gasteiger partial charge in [-0.1, -0.05) is 0 Å². The zero-order valence-electron chi connectivity index (χ0n) is 5.79. The fourth-order valence-electron chi connectivity index (χ4n) is 0.527. The minimum atomic E-state index is -2.46. The third-order valence-electron chi connectivity index (χ3n) is 0.964. The van der Waals surface area contributed by atoms with Crippen LogP contribution < -0.4 is 0 Å². The second-order valence-electron chi connectivity index (χ2n) is 2.17. The van der Waals surface area contributed by atoms with Crippen LogP contribution in [0, 0.1) is 0 Å². The van der Waals surface area contributed by atoms with Gasteiger partial charge in [-0.3, -0.25) is 0 Å². The molecule has 0 spiro atoms. The summed E-state index contributed by atoms with van der Waals surface area (Å²) in [5, 5.41) is 0. The summed E-state index contributed by atoms with van der Waals surface area (Å²) in [4.78, 5) is 0. The molecule has 0 atom stereocenters. The predicted molar refractivity (Wildman–Crippen MR) is 38.2 cm³/mol. The Morgan fingerprint density at radius 2 is 2.00 bits per heavy atom. The van der Waals surface area contributed by atoms with Gasteiger partial charge >= 0.3 is 0 Å². The Labute approximate surface area is 59.0 Å². The van der Waals surface area contributed by atoms with E-state index in [0.717, 1.165) is 12.7 Å². The summed E-state index contributed by atoms with van der Waals surface area (Å²) in [6, 6.07) is 0. The molecule has 0 unspecified atom stereocenters. The van der Waals surface area contributed by atoms with Gasteiger partial charge in [0, 0.05) is 6.42 Å². The number of thioether (sulfide) groups is 1. The van der Waals surface area contributed by atoms with E-state index in [0.29, 0.717) is 6.42 Å². The third kappa shape index (κ3) is 8.21. The Morgan fingerprint density at radius 1 is 1.44 bits per heavy atom. The fraction of sp³-hybridized carbons (Fsp3) is 1.00. The number of rotatable bonds is 4. The Balaban J connectivity index is 3.07. The van der Waals surface area contributed by atoms with Gasteiger partial charge in [-0.05, 0) is 25.4 Å². The highest BCUT2D eigenvalue weighted by Crippen LogP contribution is 2.19. The van der Waals surface area contributed by atoms with E-state index in [1.807, 2.05) is 6.26 Å². The van der Waals surface area contributed by atoms with E-state index < -0.39 is 5.92 Å². The average molecular weight is 154 g/mol. The summed E-state index contributed by atoms with van der Waals surface area (Å²) in [5.74, 6) is -1.63. The lowest BCUT2D eigenvalue weighted by Crippen LogP contribution is -2.08. The van der Waals surface area contributed by atoms with Crippen molar-refractivity contribution < 1.29 is 8.78 Å². The molecule has 0 radical (unpaired) electrons. The van der Waals surface area contributed by atoms with E-state index in [1.54, 1.807) is 11.8 Å². The molecular weight excluding hydrogens is 142 g/mol. The van der Waals surface area contributed by atoms with Crippen molar-refractivity contribution in [3.8, 4) is 0 Å². The van der Waals surface area contributed by atoms with Crippen molar-refractivity contribution in [2.45, 2.75) is 25.7 Å². The number of hydrogen-bond donors (Lipinski definition) is 0. The first-order valence-electron chi connectivity index (χ1n) is 2.93. The lowest BCUT2D eigenvalue weighted by Gasteiger charge is -2.07. The average Bonchev–Trinajstić information content (AvgIpc) is 1.63. The Hall–Kier alpha value is 0.210. The third-order valence-corrected chi connectivity index (χ3v) is 1.66. The minimum absolute atomic E-state index is 0.0217. The summed E-state index contributed by atoms with van der Waals surface area (Å²) in [6.07, 6.45) is 2.56. The van der Waals surface area contributed by atoms with Crippen molar-refractivity contribution in [2.24, 2.45) is 0 Å². The van der Waals surface area contributed by atoms with Crippen LogP contribution in [0.15, 0.2) is 0 Å². The Morgan fingerprint density at radius 3 is 2.33 bits per heavy atom. The van der Waals surface area contributed by atoms with E-state index in [9.17, 15) is 8.78 Å². The first-order chi connectivity index (χ1) is 4.06. The standard InChI is InChI=1S/C6H12F2S/c1-6(7,8)4-3-5-9-2/h3-5H2,1-2H3. The largest absolute Gasteiger partial charge is 0.245 e. The second kappa shape index (κ2) is 4.09. The summed E-state index contributed by atoms with van der Waals surface area (Å²) in [7, 11) is 0. The lowest BCUT2D eigenvalue weighted by molar-refractivity contribution is 0.0126. The minimum Gasteiger partial charge on any atom is -0.207 e. The molecule has 0 saturated carbocycles. The smallest absolute Gasteiger partial charge is 0.207 e. The van der Waals surface area contributed by atoms with E-state index in [1.165, 1.54) is 0 Å². The fourth-order valence-corrected chi connectivity index (χ4v) is 0.960. The van der Waals surface area contributed by atoms with Gasteiger partial charge in [0.2, 0.25) is 5.92 Å². The van der Waals surface area contributed by atoms with Crippen molar-refractivity contribution in [1.29, 1.82) is 0 Å². The SMILES string of the molecule is CSCCCC(C)(F)F. The van der Waals surface area contributed by atoms with Crippen LogP contribution in [0.3, 0.4) is 0 Å². The maximum atomic E-state index is 12.0. The zero-order chi connectivity index (χ0) is 7.33. The first-order valence-corrected chi connectivity index (χ1v) is 4.32. The molecular formula is C6H12F2S. The van der Waals surface area contributed by atoms with Gasteiger partial charge in [-0.25, -0.2) is 8.78 Å². The van der Waals surface area contributed by atoms with Crippen molar-refractivity contribution in [1.82, 2.24) is 0 Å². The van der Waals surface area contributed by atoms with Gasteiger partial charge in [-0.2, -0.15) is 11.8 Å². The van der Waals surface area contributed by atoms with Gasteiger partial charge in [0.05, 0.1) is 0 Å². The summed E-state index contributed by atoms with van der Waals surface area (Å²) < 4.78 is 24.1. The predicted octanol–water partition coefficient (Wildman–Crippen LogP) is 2.78.